The van der Waals surface area contributed by atoms with Gasteiger partial charge in [0, 0.05) is 6.42 Å². The van der Waals surface area contributed by atoms with Crippen molar-refractivity contribution in [3.05, 3.63) is 83.2 Å². The van der Waals surface area contributed by atoms with E-state index in [1.54, 1.807) is 26.0 Å². The van der Waals surface area contributed by atoms with Gasteiger partial charge in [0.25, 0.3) is 5.91 Å². The molecule has 1 heterocycles. The molecule has 0 spiro atoms. The third kappa shape index (κ3) is 8.24. The highest BCUT2D eigenvalue weighted by atomic mass is 19.1. The van der Waals surface area contributed by atoms with Crippen LogP contribution < -0.4 is 14.8 Å². The maximum absolute atomic E-state index is 13.2. The molecule has 9 heteroatoms. The van der Waals surface area contributed by atoms with Crippen LogP contribution in [0.5, 0.6) is 11.5 Å². The number of aryl methyl sites for hydroxylation is 1. The van der Waals surface area contributed by atoms with E-state index in [-0.39, 0.29) is 37.4 Å². The molecule has 39 heavy (non-hydrogen) atoms. The zero-order valence-corrected chi connectivity index (χ0v) is 22.3. The van der Waals surface area contributed by atoms with E-state index in [4.69, 9.17) is 14.2 Å². The number of carbonyl (C=O) groups excluding carboxylic acids is 2. The van der Waals surface area contributed by atoms with Crippen LogP contribution >= 0.6 is 0 Å². The fourth-order valence-electron chi connectivity index (χ4n) is 4.63. The van der Waals surface area contributed by atoms with Crippen molar-refractivity contribution in [2.45, 2.75) is 58.7 Å². The lowest BCUT2D eigenvalue weighted by Crippen LogP contribution is -2.32. The Bertz CT molecular complexity index is 1250. The average Bonchev–Trinajstić information content (AvgIpc) is 2.94. The summed E-state index contributed by atoms with van der Waals surface area (Å²) in [5, 5.41) is 2.59. The van der Waals surface area contributed by atoms with Crippen LogP contribution in [0.3, 0.4) is 0 Å². The van der Waals surface area contributed by atoms with Gasteiger partial charge >= 0.3 is 5.97 Å². The summed E-state index contributed by atoms with van der Waals surface area (Å²) >= 11 is 0. The van der Waals surface area contributed by atoms with Crippen molar-refractivity contribution in [1.29, 1.82) is 0 Å². The first kappa shape index (κ1) is 28.0. The summed E-state index contributed by atoms with van der Waals surface area (Å²) in [4.78, 5) is 34.2. The number of hydrogen-bond acceptors (Lipinski definition) is 7. The van der Waals surface area contributed by atoms with Crippen LogP contribution in [0.25, 0.3) is 0 Å². The van der Waals surface area contributed by atoms with Gasteiger partial charge in [-0.1, -0.05) is 30.3 Å². The quantitative estimate of drug-likeness (QED) is 0.346. The number of benzene rings is 2. The van der Waals surface area contributed by atoms with E-state index in [1.807, 2.05) is 30.3 Å². The molecule has 0 bridgehead atoms. The molecule has 1 aliphatic carbocycles. The first-order chi connectivity index (χ1) is 18.9. The number of amides is 1. The zero-order valence-electron chi connectivity index (χ0n) is 22.3. The van der Waals surface area contributed by atoms with E-state index in [0.29, 0.717) is 35.4 Å². The van der Waals surface area contributed by atoms with Crippen molar-refractivity contribution in [3.8, 4) is 11.5 Å². The number of esters is 1. The van der Waals surface area contributed by atoms with Gasteiger partial charge in [-0.2, -0.15) is 0 Å². The van der Waals surface area contributed by atoms with Gasteiger partial charge in [-0.3, -0.25) is 9.59 Å². The predicted molar refractivity (Wildman–Crippen MR) is 143 cm³/mol. The fraction of sp³-hybridized carbons (Fsp3) is 0.400. The lowest BCUT2D eigenvalue weighted by molar-refractivity contribution is -0.141. The van der Waals surface area contributed by atoms with Crippen molar-refractivity contribution in [1.82, 2.24) is 15.3 Å². The lowest BCUT2D eigenvalue weighted by Gasteiger charge is -2.29. The Hall–Kier alpha value is -4.01. The number of rotatable bonds is 11. The van der Waals surface area contributed by atoms with Gasteiger partial charge in [0.1, 0.15) is 30.5 Å². The molecule has 3 aromatic rings. The summed E-state index contributed by atoms with van der Waals surface area (Å²) in [6.45, 7) is 3.72. The molecule has 0 aliphatic heterocycles. The maximum Gasteiger partial charge on any atom is 0.325 e. The second-order valence-electron chi connectivity index (χ2n) is 9.58. The van der Waals surface area contributed by atoms with E-state index >= 15 is 0 Å². The zero-order chi connectivity index (χ0) is 27.6. The van der Waals surface area contributed by atoms with Gasteiger partial charge in [0.05, 0.1) is 18.4 Å². The molecule has 1 amide bonds. The molecule has 0 atom stereocenters. The minimum Gasteiger partial charge on any atom is -0.490 e. The third-order valence-corrected chi connectivity index (χ3v) is 6.60. The molecule has 206 valence electrons. The lowest BCUT2D eigenvalue weighted by atomic mass is 9.85. The number of nitrogens with one attached hydrogen (secondary N) is 1. The SMILES string of the molecule is CCOC(=O)CNC(=O)c1nc(CC2CCC(Oc3ccc(F)cc3)CC2)nc(C)c1OCc1ccccc1. The van der Waals surface area contributed by atoms with Crippen molar-refractivity contribution in [2.75, 3.05) is 13.2 Å². The summed E-state index contributed by atoms with van der Waals surface area (Å²) in [6.07, 6.45) is 4.27. The van der Waals surface area contributed by atoms with Crippen molar-refractivity contribution >= 4 is 11.9 Å². The summed E-state index contributed by atoms with van der Waals surface area (Å²) in [6, 6.07) is 15.7. The second-order valence-corrected chi connectivity index (χ2v) is 9.58. The Balaban J connectivity index is 1.43. The normalized spacial score (nSPS) is 16.8. The van der Waals surface area contributed by atoms with E-state index < -0.39 is 11.9 Å². The molecule has 1 saturated carbocycles. The number of ether oxygens (including phenoxy) is 3. The third-order valence-electron chi connectivity index (χ3n) is 6.60. The van der Waals surface area contributed by atoms with Gasteiger partial charge in [-0.25, -0.2) is 14.4 Å². The average molecular weight is 536 g/mol. The highest BCUT2D eigenvalue weighted by Crippen LogP contribution is 2.31. The predicted octanol–water partition coefficient (Wildman–Crippen LogP) is 4.98. The van der Waals surface area contributed by atoms with E-state index in [9.17, 15) is 14.0 Å². The van der Waals surface area contributed by atoms with Gasteiger partial charge in [-0.05, 0) is 75.3 Å². The van der Waals surface area contributed by atoms with Crippen LogP contribution in [0.2, 0.25) is 0 Å². The number of carbonyl (C=O) groups is 2. The molecule has 4 rings (SSSR count). The van der Waals surface area contributed by atoms with Crippen LogP contribution in [0.15, 0.2) is 54.6 Å². The van der Waals surface area contributed by atoms with Gasteiger partial charge < -0.3 is 19.5 Å². The van der Waals surface area contributed by atoms with Gasteiger partial charge in [0.15, 0.2) is 11.4 Å². The minimum atomic E-state index is -0.525. The molecule has 1 N–H and O–H groups in total. The molecule has 1 aliphatic rings. The molecular formula is C30H34FN3O5. The maximum atomic E-state index is 13.2. The van der Waals surface area contributed by atoms with Crippen molar-refractivity contribution < 1.29 is 28.2 Å². The first-order valence-corrected chi connectivity index (χ1v) is 13.3. The minimum absolute atomic E-state index is 0.0762. The summed E-state index contributed by atoms with van der Waals surface area (Å²) in [5.74, 6) is 0.528. The smallest absolute Gasteiger partial charge is 0.325 e. The number of halogens is 1. The van der Waals surface area contributed by atoms with Gasteiger partial charge in [-0.15, -0.1) is 0 Å². The number of nitrogens with zero attached hydrogens (tertiary/aromatic N) is 2. The molecule has 8 nitrogen and oxygen atoms in total. The topological polar surface area (TPSA) is 99.6 Å². The Labute approximate surface area is 227 Å². The van der Waals surface area contributed by atoms with Crippen LogP contribution in [-0.2, 0) is 22.6 Å². The summed E-state index contributed by atoms with van der Waals surface area (Å²) in [5.41, 5.74) is 1.61. The van der Waals surface area contributed by atoms with Crippen LogP contribution in [0.4, 0.5) is 4.39 Å². The Morgan fingerprint density at radius 1 is 1.00 bits per heavy atom. The summed E-state index contributed by atoms with van der Waals surface area (Å²) in [7, 11) is 0. The highest BCUT2D eigenvalue weighted by Gasteiger charge is 2.26. The van der Waals surface area contributed by atoms with Crippen LogP contribution in [-0.4, -0.2) is 41.1 Å². The second kappa shape index (κ2) is 13.7. The Kier molecular flexibility index (Phi) is 9.83. The first-order valence-electron chi connectivity index (χ1n) is 13.3. The molecule has 1 fully saturated rings. The number of aromatic nitrogens is 2. The summed E-state index contributed by atoms with van der Waals surface area (Å²) < 4.78 is 30.1. The molecular weight excluding hydrogens is 501 g/mol. The molecule has 1 aromatic heterocycles. The fourth-order valence-corrected chi connectivity index (χ4v) is 4.63. The molecule has 0 unspecified atom stereocenters. The van der Waals surface area contributed by atoms with E-state index in [0.717, 1.165) is 31.2 Å². The van der Waals surface area contributed by atoms with Crippen LogP contribution in [0, 0.1) is 18.7 Å². The van der Waals surface area contributed by atoms with E-state index in [1.165, 1.54) is 12.1 Å². The van der Waals surface area contributed by atoms with Crippen molar-refractivity contribution in [2.24, 2.45) is 5.92 Å². The molecule has 0 radical (unpaired) electrons. The molecule has 0 saturated heterocycles. The van der Waals surface area contributed by atoms with Crippen LogP contribution in [0.1, 0.15) is 60.2 Å². The molecule has 2 aromatic carbocycles. The van der Waals surface area contributed by atoms with Crippen molar-refractivity contribution in [3.63, 3.8) is 0 Å². The standard InChI is InChI=1S/C30H34FN3O5/c1-3-37-27(35)18-32-30(36)28-29(38-19-22-7-5-4-6-8-22)20(2)33-26(34-28)17-21-9-13-24(14-10-21)39-25-15-11-23(31)12-16-25/h4-8,11-12,15-16,21,24H,3,9-10,13-14,17-19H2,1-2H3,(H,32,36). The Morgan fingerprint density at radius 2 is 1.72 bits per heavy atom. The largest absolute Gasteiger partial charge is 0.490 e. The monoisotopic (exact) mass is 535 g/mol. The Morgan fingerprint density at radius 3 is 2.41 bits per heavy atom. The number of hydrogen-bond donors (Lipinski definition) is 1. The highest BCUT2D eigenvalue weighted by molar-refractivity contribution is 5.96. The van der Waals surface area contributed by atoms with E-state index in [2.05, 4.69) is 15.3 Å². The van der Waals surface area contributed by atoms with Gasteiger partial charge in [0.2, 0.25) is 0 Å².